The first kappa shape index (κ1) is 20.2. The lowest BCUT2D eigenvalue weighted by Gasteiger charge is -2.55. The Balaban J connectivity index is 1.53. The van der Waals surface area contributed by atoms with Crippen molar-refractivity contribution in [3.8, 4) is 6.07 Å². The van der Waals surface area contributed by atoms with Gasteiger partial charge >= 0.3 is 0 Å². The van der Waals surface area contributed by atoms with E-state index in [4.69, 9.17) is 4.74 Å². The summed E-state index contributed by atoms with van der Waals surface area (Å²) in [4.78, 5) is 12.2. The minimum absolute atomic E-state index is 0.0690. The zero-order valence-corrected chi connectivity index (χ0v) is 19.0. The van der Waals surface area contributed by atoms with Crippen molar-refractivity contribution in [3.63, 3.8) is 0 Å². The topological polar surface area (TPSA) is 50.1 Å². The SMILES string of the molecule is C=C1CCO[C@@]12CCC1C3CCC4=CC(=O)CCC4=C3[C@@H](c3ccc(C#N)cc3)C[C@@]12C. The van der Waals surface area contributed by atoms with Gasteiger partial charge in [-0.05, 0) is 97.3 Å². The van der Waals surface area contributed by atoms with Crippen LogP contribution in [0.1, 0.15) is 75.3 Å². The molecule has 2 saturated carbocycles. The van der Waals surface area contributed by atoms with Crippen molar-refractivity contribution in [3.05, 3.63) is 70.3 Å². The molecule has 1 heterocycles. The predicted molar refractivity (Wildman–Crippen MR) is 124 cm³/mol. The van der Waals surface area contributed by atoms with E-state index < -0.39 is 0 Å². The van der Waals surface area contributed by atoms with Crippen LogP contribution in [-0.4, -0.2) is 18.0 Å². The fraction of sp³-hybridized carbons (Fsp3) is 0.517. The first-order valence-corrected chi connectivity index (χ1v) is 12.3. The molecule has 3 heteroatoms. The van der Waals surface area contributed by atoms with Crippen molar-refractivity contribution in [2.75, 3.05) is 6.61 Å². The molecule has 32 heavy (non-hydrogen) atoms. The first-order chi connectivity index (χ1) is 15.5. The van der Waals surface area contributed by atoms with Crippen LogP contribution in [0, 0.1) is 28.6 Å². The normalized spacial score (nSPS) is 38.2. The number of fused-ring (bicyclic) bond motifs is 5. The third kappa shape index (κ3) is 2.59. The Hall–Kier alpha value is -2.44. The zero-order valence-electron chi connectivity index (χ0n) is 19.0. The largest absolute Gasteiger partial charge is 0.370 e. The molecule has 5 aliphatic rings. The van der Waals surface area contributed by atoms with Gasteiger partial charge in [0.05, 0.1) is 23.8 Å². The summed E-state index contributed by atoms with van der Waals surface area (Å²) in [6.07, 6.45) is 9.95. The summed E-state index contributed by atoms with van der Waals surface area (Å²) in [7, 11) is 0. The summed E-state index contributed by atoms with van der Waals surface area (Å²) in [5.41, 5.74) is 7.57. The average molecular weight is 426 g/mol. The minimum Gasteiger partial charge on any atom is -0.370 e. The number of benzene rings is 1. The van der Waals surface area contributed by atoms with Crippen LogP contribution in [0.15, 0.2) is 59.2 Å². The monoisotopic (exact) mass is 425 g/mol. The van der Waals surface area contributed by atoms with E-state index in [1.807, 2.05) is 18.2 Å². The zero-order chi connectivity index (χ0) is 22.1. The molecular weight excluding hydrogens is 394 g/mol. The molecule has 0 N–H and O–H groups in total. The van der Waals surface area contributed by atoms with Crippen molar-refractivity contribution in [2.45, 2.75) is 69.8 Å². The molecule has 164 valence electrons. The molecule has 4 aliphatic carbocycles. The number of rotatable bonds is 1. The molecule has 2 unspecified atom stereocenters. The average Bonchev–Trinajstić information content (AvgIpc) is 3.33. The third-order valence-electron chi connectivity index (χ3n) is 9.62. The summed E-state index contributed by atoms with van der Waals surface area (Å²) >= 11 is 0. The fourth-order valence-corrected chi connectivity index (χ4v) is 8.21. The lowest BCUT2D eigenvalue weighted by atomic mass is 9.50. The molecule has 0 bridgehead atoms. The molecular formula is C29H31NO2. The number of carbonyl (C=O) groups is 1. The highest BCUT2D eigenvalue weighted by atomic mass is 16.5. The molecule has 0 radical (unpaired) electrons. The van der Waals surface area contributed by atoms with Crippen molar-refractivity contribution in [2.24, 2.45) is 17.3 Å². The fourth-order valence-electron chi connectivity index (χ4n) is 8.21. The van der Waals surface area contributed by atoms with E-state index in [9.17, 15) is 10.1 Å². The second-order valence-corrected chi connectivity index (χ2v) is 10.8. The molecule has 3 fully saturated rings. The molecule has 1 spiro atoms. The molecule has 3 nitrogen and oxygen atoms in total. The first-order valence-electron chi connectivity index (χ1n) is 12.3. The summed E-state index contributed by atoms with van der Waals surface area (Å²) in [6, 6.07) is 10.5. The van der Waals surface area contributed by atoms with E-state index in [1.165, 1.54) is 28.7 Å². The quantitative estimate of drug-likeness (QED) is 0.505. The van der Waals surface area contributed by atoms with Crippen LogP contribution < -0.4 is 0 Å². The minimum atomic E-state index is -0.183. The van der Waals surface area contributed by atoms with Crippen molar-refractivity contribution >= 4 is 5.78 Å². The number of nitrogens with zero attached hydrogens (tertiary/aromatic N) is 1. The van der Waals surface area contributed by atoms with Crippen LogP contribution in [0.3, 0.4) is 0 Å². The predicted octanol–water partition coefficient (Wildman–Crippen LogP) is 6.17. The number of carbonyl (C=O) groups excluding carboxylic acids is 1. The standard InChI is InChI=1S/C29H31NO2/c1-18-12-14-32-29(18)13-11-26-24-9-7-21-15-22(31)8-10-23(21)27(24)25(16-28(26,29)2)20-5-3-19(17-30)4-6-20/h3-6,15,24-26H,1,7-14,16H2,2H3/t24?,25-,26?,28+,29+/m1/s1. The van der Waals surface area contributed by atoms with E-state index >= 15 is 0 Å². The van der Waals surface area contributed by atoms with Crippen LogP contribution in [0.4, 0.5) is 0 Å². The van der Waals surface area contributed by atoms with Crippen LogP contribution in [-0.2, 0) is 9.53 Å². The highest BCUT2D eigenvalue weighted by molar-refractivity contribution is 5.93. The van der Waals surface area contributed by atoms with Gasteiger partial charge in [-0.3, -0.25) is 4.79 Å². The van der Waals surface area contributed by atoms with E-state index in [0.29, 0.717) is 29.7 Å². The Kier molecular flexibility index (Phi) is 4.43. The van der Waals surface area contributed by atoms with E-state index in [2.05, 4.69) is 31.7 Å². The van der Waals surface area contributed by atoms with Gasteiger partial charge in [0.1, 0.15) is 0 Å². The van der Waals surface area contributed by atoms with Gasteiger partial charge in [0, 0.05) is 17.8 Å². The number of hydrogen-bond donors (Lipinski definition) is 0. The third-order valence-corrected chi connectivity index (χ3v) is 9.62. The van der Waals surface area contributed by atoms with Crippen molar-refractivity contribution < 1.29 is 9.53 Å². The maximum atomic E-state index is 12.2. The van der Waals surface area contributed by atoms with Gasteiger partial charge in [-0.25, -0.2) is 0 Å². The van der Waals surface area contributed by atoms with E-state index in [0.717, 1.165) is 45.1 Å². The van der Waals surface area contributed by atoms with Crippen LogP contribution >= 0.6 is 0 Å². The molecule has 6 rings (SSSR count). The Labute approximate surface area is 190 Å². The molecule has 1 aliphatic heterocycles. The number of allylic oxidation sites excluding steroid dienone is 4. The Bertz CT molecular complexity index is 1120. The Morgan fingerprint density at radius 3 is 2.66 bits per heavy atom. The summed E-state index contributed by atoms with van der Waals surface area (Å²) in [5.74, 6) is 1.75. The molecule has 0 aromatic heterocycles. The second kappa shape index (κ2) is 7.03. The van der Waals surface area contributed by atoms with E-state index in [-0.39, 0.29) is 16.8 Å². The van der Waals surface area contributed by atoms with Gasteiger partial charge in [0.15, 0.2) is 5.78 Å². The molecule has 1 aromatic rings. The Morgan fingerprint density at radius 2 is 1.94 bits per heavy atom. The van der Waals surface area contributed by atoms with Crippen molar-refractivity contribution in [1.29, 1.82) is 5.26 Å². The number of hydrogen-bond acceptors (Lipinski definition) is 3. The number of nitriles is 1. The smallest absolute Gasteiger partial charge is 0.156 e. The van der Waals surface area contributed by atoms with Crippen LogP contribution in [0.5, 0.6) is 0 Å². The maximum absolute atomic E-state index is 12.2. The lowest BCUT2D eigenvalue weighted by Crippen LogP contribution is -2.52. The van der Waals surface area contributed by atoms with Gasteiger partial charge in [-0.1, -0.05) is 31.2 Å². The molecule has 0 amide bonds. The summed E-state index contributed by atoms with van der Waals surface area (Å²) in [6.45, 7) is 7.79. The van der Waals surface area contributed by atoms with Gasteiger partial charge in [0.2, 0.25) is 0 Å². The summed E-state index contributed by atoms with van der Waals surface area (Å²) in [5, 5.41) is 9.31. The van der Waals surface area contributed by atoms with Gasteiger partial charge in [-0.2, -0.15) is 5.26 Å². The highest BCUT2D eigenvalue weighted by Crippen LogP contribution is 2.70. The maximum Gasteiger partial charge on any atom is 0.156 e. The lowest BCUT2D eigenvalue weighted by molar-refractivity contribution is -0.114. The Morgan fingerprint density at radius 1 is 1.12 bits per heavy atom. The highest BCUT2D eigenvalue weighted by Gasteiger charge is 2.65. The second-order valence-electron chi connectivity index (χ2n) is 10.8. The van der Waals surface area contributed by atoms with Gasteiger partial charge in [0.25, 0.3) is 0 Å². The number of ether oxygens (including phenoxy) is 1. The summed E-state index contributed by atoms with van der Waals surface area (Å²) < 4.78 is 6.59. The van der Waals surface area contributed by atoms with Crippen LogP contribution in [0.2, 0.25) is 0 Å². The molecule has 1 aromatic carbocycles. The van der Waals surface area contributed by atoms with Gasteiger partial charge < -0.3 is 4.74 Å². The van der Waals surface area contributed by atoms with Gasteiger partial charge in [-0.15, -0.1) is 0 Å². The number of ketones is 1. The molecule has 1 saturated heterocycles. The molecule has 5 atom stereocenters. The van der Waals surface area contributed by atoms with Crippen LogP contribution in [0.25, 0.3) is 0 Å². The van der Waals surface area contributed by atoms with E-state index in [1.54, 1.807) is 5.57 Å². The van der Waals surface area contributed by atoms with Crippen molar-refractivity contribution in [1.82, 2.24) is 0 Å².